The first kappa shape index (κ1) is 16.0. The summed E-state index contributed by atoms with van der Waals surface area (Å²) >= 11 is 0. The van der Waals surface area contributed by atoms with Gasteiger partial charge in [-0.3, -0.25) is 9.59 Å². The molecule has 4 heteroatoms. The quantitative estimate of drug-likeness (QED) is 0.919. The van der Waals surface area contributed by atoms with Crippen molar-refractivity contribution in [3.8, 4) is 5.75 Å². The van der Waals surface area contributed by atoms with Gasteiger partial charge in [-0.1, -0.05) is 20.8 Å². The molecule has 2 fully saturated rings. The lowest BCUT2D eigenvalue weighted by Gasteiger charge is -2.38. The molecular weight excluding hydrogens is 290 g/mol. The molecule has 23 heavy (non-hydrogen) atoms. The van der Waals surface area contributed by atoms with E-state index in [9.17, 15) is 9.59 Å². The molecule has 0 unspecified atom stereocenters. The molecule has 0 saturated heterocycles. The number of anilines is 1. The molecule has 0 aliphatic heterocycles. The second kappa shape index (κ2) is 5.08. The normalized spacial score (nSPS) is 31.2. The summed E-state index contributed by atoms with van der Waals surface area (Å²) in [4.78, 5) is 25.5. The van der Waals surface area contributed by atoms with Crippen molar-refractivity contribution in [3.63, 3.8) is 0 Å². The van der Waals surface area contributed by atoms with Crippen LogP contribution < -0.4 is 10.1 Å². The van der Waals surface area contributed by atoms with Crippen molar-refractivity contribution in [1.82, 2.24) is 0 Å². The van der Waals surface area contributed by atoms with Gasteiger partial charge in [0.2, 0.25) is 5.91 Å². The number of ether oxygens (including phenoxy) is 1. The number of Topliss-reactive ketones (excluding diaryl/α,β-unsaturated/α-hetero) is 1. The summed E-state index contributed by atoms with van der Waals surface area (Å²) < 4.78 is 5.42. The van der Waals surface area contributed by atoms with E-state index in [0.717, 1.165) is 24.3 Å². The molecule has 0 spiro atoms. The van der Waals surface area contributed by atoms with Gasteiger partial charge in [-0.2, -0.15) is 0 Å². The molecule has 2 atom stereocenters. The summed E-state index contributed by atoms with van der Waals surface area (Å²) in [5.74, 6) is 0.991. The van der Waals surface area contributed by atoms with Crippen molar-refractivity contribution in [1.29, 1.82) is 0 Å². The molecule has 0 radical (unpaired) electrons. The van der Waals surface area contributed by atoms with Crippen LogP contribution in [-0.4, -0.2) is 18.3 Å². The van der Waals surface area contributed by atoms with Gasteiger partial charge in [0, 0.05) is 17.5 Å². The highest BCUT2D eigenvalue weighted by atomic mass is 16.5. The molecule has 2 bridgehead atoms. The molecule has 1 aromatic rings. The molecular formula is C19H25NO3. The molecule has 2 saturated carbocycles. The van der Waals surface area contributed by atoms with Crippen LogP contribution in [0.15, 0.2) is 24.3 Å². The molecule has 1 aromatic carbocycles. The van der Waals surface area contributed by atoms with Gasteiger partial charge < -0.3 is 10.1 Å². The average molecular weight is 315 g/mol. The fraction of sp³-hybridized carbons (Fsp3) is 0.579. The summed E-state index contributed by atoms with van der Waals surface area (Å²) in [6.07, 6.45) is 1.94. The maximum absolute atomic E-state index is 13.0. The highest BCUT2D eigenvalue weighted by molar-refractivity contribution is 6.04. The zero-order valence-corrected chi connectivity index (χ0v) is 14.4. The standard InChI is InChI=1S/C19H25NO3/c1-5-23-14-8-6-13(7-9-14)20-16(22)19-11-10-18(4,15(21)12-19)17(19,2)3/h6-9H,5,10-12H2,1-4H3,(H,20,22)/t18-,19-/m0/s1. The van der Waals surface area contributed by atoms with Gasteiger partial charge in [-0.25, -0.2) is 0 Å². The minimum atomic E-state index is -0.586. The molecule has 4 nitrogen and oxygen atoms in total. The smallest absolute Gasteiger partial charge is 0.231 e. The van der Waals surface area contributed by atoms with Crippen LogP contribution in [0.5, 0.6) is 5.75 Å². The third-order valence-corrected chi connectivity index (χ3v) is 6.56. The van der Waals surface area contributed by atoms with E-state index in [0.29, 0.717) is 13.0 Å². The van der Waals surface area contributed by atoms with E-state index in [2.05, 4.69) is 19.2 Å². The van der Waals surface area contributed by atoms with Crippen LogP contribution in [0.25, 0.3) is 0 Å². The Morgan fingerprint density at radius 2 is 1.83 bits per heavy atom. The van der Waals surface area contributed by atoms with Crippen molar-refractivity contribution in [2.24, 2.45) is 16.2 Å². The fourth-order valence-electron chi connectivity index (χ4n) is 4.41. The Labute approximate surface area is 137 Å². The summed E-state index contributed by atoms with van der Waals surface area (Å²) in [7, 11) is 0. The molecule has 124 valence electrons. The molecule has 1 N–H and O–H groups in total. The first-order valence-corrected chi connectivity index (χ1v) is 8.34. The van der Waals surface area contributed by atoms with E-state index >= 15 is 0 Å². The Morgan fingerprint density at radius 3 is 2.30 bits per heavy atom. The lowest BCUT2D eigenvalue weighted by Crippen LogP contribution is -2.43. The van der Waals surface area contributed by atoms with Gasteiger partial charge in [0.15, 0.2) is 0 Å². The van der Waals surface area contributed by atoms with Crippen LogP contribution >= 0.6 is 0 Å². The van der Waals surface area contributed by atoms with Crippen molar-refractivity contribution in [2.45, 2.75) is 47.0 Å². The Morgan fingerprint density at radius 1 is 1.17 bits per heavy atom. The SMILES string of the molecule is CCOc1ccc(NC(=O)[C@]23CC[C@@](C)(C(=O)C2)C3(C)C)cc1. The third-order valence-electron chi connectivity index (χ3n) is 6.56. The maximum atomic E-state index is 13.0. The molecule has 0 heterocycles. The number of benzene rings is 1. The van der Waals surface area contributed by atoms with Crippen LogP contribution in [0.3, 0.4) is 0 Å². The van der Waals surface area contributed by atoms with E-state index in [1.54, 1.807) is 0 Å². The zero-order valence-electron chi connectivity index (χ0n) is 14.4. The van der Waals surface area contributed by atoms with Gasteiger partial charge in [-0.05, 0) is 49.4 Å². The molecule has 0 aromatic heterocycles. The van der Waals surface area contributed by atoms with Gasteiger partial charge in [0.05, 0.1) is 12.0 Å². The predicted octanol–water partition coefficient (Wildman–Crippen LogP) is 3.81. The summed E-state index contributed by atoms with van der Waals surface area (Å²) in [6.45, 7) is 8.72. The predicted molar refractivity (Wildman–Crippen MR) is 89.4 cm³/mol. The third kappa shape index (κ3) is 2.03. The van der Waals surface area contributed by atoms with E-state index in [1.165, 1.54) is 0 Å². The minimum absolute atomic E-state index is 0.0266. The lowest BCUT2D eigenvalue weighted by molar-refractivity contribution is -0.131. The summed E-state index contributed by atoms with van der Waals surface area (Å²) in [5, 5.41) is 3.02. The van der Waals surface area contributed by atoms with Crippen LogP contribution in [-0.2, 0) is 9.59 Å². The van der Waals surface area contributed by atoms with Gasteiger partial charge in [0.25, 0.3) is 0 Å². The number of rotatable bonds is 4. The average Bonchev–Trinajstić information content (AvgIpc) is 2.80. The minimum Gasteiger partial charge on any atom is -0.494 e. The van der Waals surface area contributed by atoms with Crippen LogP contribution in [0.1, 0.15) is 47.0 Å². The number of carbonyl (C=O) groups excluding carboxylic acids is 2. The van der Waals surface area contributed by atoms with Crippen molar-refractivity contribution in [2.75, 3.05) is 11.9 Å². The van der Waals surface area contributed by atoms with E-state index < -0.39 is 5.41 Å². The number of amides is 1. The largest absolute Gasteiger partial charge is 0.494 e. The molecule has 1 amide bonds. The second-order valence-corrected chi connectivity index (χ2v) is 7.55. The Bertz CT molecular complexity index is 649. The second-order valence-electron chi connectivity index (χ2n) is 7.55. The molecule has 2 aliphatic carbocycles. The number of hydrogen-bond donors (Lipinski definition) is 1. The highest BCUT2D eigenvalue weighted by Crippen LogP contribution is 2.70. The first-order valence-electron chi connectivity index (χ1n) is 8.34. The lowest BCUT2D eigenvalue weighted by atomic mass is 9.64. The van der Waals surface area contributed by atoms with Crippen molar-refractivity contribution < 1.29 is 14.3 Å². The van der Waals surface area contributed by atoms with Crippen LogP contribution in [0, 0.1) is 16.2 Å². The number of carbonyl (C=O) groups is 2. The van der Waals surface area contributed by atoms with Gasteiger partial charge >= 0.3 is 0 Å². The number of hydrogen-bond acceptors (Lipinski definition) is 3. The van der Waals surface area contributed by atoms with E-state index in [4.69, 9.17) is 4.74 Å². The van der Waals surface area contributed by atoms with Crippen molar-refractivity contribution >= 4 is 17.4 Å². The Balaban J connectivity index is 1.82. The highest BCUT2D eigenvalue weighted by Gasteiger charge is 2.72. The summed E-state index contributed by atoms with van der Waals surface area (Å²) in [6, 6.07) is 7.38. The Kier molecular flexibility index (Phi) is 3.54. The van der Waals surface area contributed by atoms with Gasteiger partial charge in [-0.15, -0.1) is 0 Å². The van der Waals surface area contributed by atoms with E-state index in [1.807, 2.05) is 38.1 Å². The molecule has 2 aliphatic rings. The number of nitrogens with one attached hydrogen (secondary N) is 1. The number of ketones is 1. The monoisotopic (exact) mass is 315 g/mol. The maximum Gasteiger partial charge on any atom is 0.231 e. The first-order chi connectivity index (χ1) is 10.8. The number of fused-ring (bicyclic) bond motifs is 2. The van der Waals surface area contributed by atoms with Crippen molar-refractivity contribution in [3.05, 3.63) is 24.3 Å². The van der Waals surface area contributed by atoms with Crippen LogP contribution in [0.4, 0.5) is 5.69 Å². The Hall–Kier alpha value is -1.84. The topological polar surface area (TPSA) is 55.4 Å². The van der Waals surface area contributed by atoms with Crippen LogP contribution in [0.2, 0.25) is 0 Å². The zero-order chi connectivity index (χ0) is 16.9. The van der Waals surface area contributed by atoms with Gasteiger partial charge in [0.1, 0.15) is 11.5 Å². The van der Waals surface area contributed by atoms with E-state index in [-0.39, 0.29) is 22.5 Å². The fourth-order valence-corrected chi connectivity index (χ4v) is 4.41. The molecule has 3 rings (SSSR count). The summed E-state index contributed by atoms with van der Waals surface area (Å²) in [5.41, 5.74) is -0.524.